The van der Waals surface area contributed by atoms with Gasteiger partial charge in [-0.2, -0.15) is 0 Å². The van der Waals surface area contributed by atoms with Gasteiger partial charge >= 0.3 is 5.97 Å². The van der Waals surface area contributed by atoms with E-state index in [2.05, 4.69) is 57.9 Å². The third kappa shape index (κ3) is 5.74. The number of fused-ring (bicyclic) bond motifs is 3. The van der Waals surface area contributed by atoms with Crippen LogP contribution in [-0.4, -0.2) is 64.0 Å². The molecule has 7 nitrogen and oxygen atoms in total. The second kappa shape index (κ2) is 12.4. The summed E-state index contributed by atoms with van der Waals surface area (Å²) in [4.78, 5) is 36.1. The van der Waals surface area contributed by atoms with Gasteiger partial charge in [0.15, 0.2) is 8.32 Å². The lowest BCUT2D eigenvalue weighted by Crippen LogP contribution is -2.70. The molecular weight excluding hydrogens is 633 g/mol. The van der Waals surface area contributed by atoms with Crippen LogP contribution in [0.25, 0.3) is 0 Å². The first kappa shape index (κ1) is 33.3. The number of hydrogen-bond donors (Lipinski definition) is 0. The zero-order valence-electron chi connectivity index (χ0n) is 27.6. The van der Waals surface area contributed by atoms with E-state index in [9.17, 15) is 9.59 Å². The molecule has 10 heteroatoms. The fraction of sp³-hybridized carbons (Fsp3) is 0.472. The number of hydrogen-bond acceptors (Lipinski definition) is 8. The average Bonchev–Trinajstić information content (AvgIpc) is 3.37. The summed E-state index contributed by atoms with van der Waals surface area (Å²) in [7, 11) is -2.20. The molecule has 0 unspecified atom stereocenters. The number of pyridine rings is 1. The Bertz CT molecular complexity index is 1560. The zero-order chi connectivity index (χ0) is 32.9. The summed E-state index contributed by atoms with van der Waals surface area (Å²) < 4.78 is 19.2. The molecule has 1 aromatic heterocycles. The number of aromatic nitrogens is 1. The Balaban J connectivity index is 1.41. The van der Waals surface area contributed by atoms with Crippen molar-refractivity contribution in [2.75, 3.05) is 0 Å². The molecule has 0 saturated carbocycles. The number of carbonyl (C=O) groups is 2. The van der Waals surface area contributed by atoms with Gasteiger partial charge in [0.2, 0.25) is 5.91 Å². The van der Waals surface area contributed by atoms with Crippen LogP contribution in [0.4, 0.5) is 0 Å². The fourth-order valence-corrected chi connectivity index (χ4v) is 11.3. The highest BCUT2D eigenvalue weighted by Gasteiger charge is 2.81. The van der Waals surface area contributed by atoms with Crippen molar-refractivity contribution in [2.45, 2.75) is 110 Å². The second-order valence-corrected chi connectivity index (χ2v) is 21.6. The van der Waals surface area contributed by atoms with E-state index in [-0.39, 0.29) is 35.1 Å². The summed E-state index contributed by atoms with van der Waals surface area (Å²) in [6.45, 7) is 15.3. The molecule has 244 valence electrons. The predicted molar refractivity (Wildman–Crippen MR) is 185 cm³/mol. The van der Waals surface area contributed by atoms with E-state index in [1.165, 1.54) is 0 Å². The minimum absolute atomic E-state index is 0.0156. The Morgan fingerprint density at radius 1 is 1.07 bits per heavy atom. The van der Waals surface area contributed by atoms with Crippen molar-refractivity contribution in [2.24, 2.45) is 5.92 Å². The molecule has 3 aromatic rings. The van der Waals surface area contributed by atoms with Crippen LogP contribution in [0.5, 0.6) is 0 Å². The third-order valence-electron chi connectivity index (χ3n) is 10.3. The maximum atomic E-state index is 14.4. The number of benzene rings is 2. The lowest BCUT2D eigenvalue weighted by atomic mass is 9.74. The van der Waals surface area contributed by atoms with Gasteiger partial charge in [0.25, 0.3) is 0 Å². The van der Waals surface area contributed by atoms with Gasteiger partial charge in [-0.05, 0) is 61.8 Å². The van der Waals surface area contributed by atoms with E-state index in [1.807, 2.05) is 73.7 Å². The molecule has 4 heterocycles. The molecule has 46 heavy (non-hydrogen) atoms. The van der Waals surface area contributed by atoms with Gasteiger partial charge in [-0.25, -0.2) is 9.78 Å². The smallest absolute Gasteiger partial charge is 0.330 e. The lowest BCUT2D eigenvalue weighted by Gasteiger charge is -2.52. The molecule has 0 aliphatic carbocycles. The van der Waals surface area contributed by atoms with E-state index in [1.54, 1.807) is 34.6 Å². The van der Waals surface area contributed by atoms with Gasteiger partial charge in [-0.3, -0.25) is 4.79 Å². The fourth-order valence-electron chi connectivity index (χ4n) is 7.02. The van der Waals surface area contributed by atoms with Crippen LogP contribution in [0.2, 0.25) is 18.1 Å². The van der Waals surface area contributed by atoms with Crippen LogP contribution in [-0.2, 0) is 30.1 Å². The standard InChI is InChI=1S/C36H44N2O5S2Si/c1-24(43-46(6,7)34(2,3)4)29-30-35(5)36(45-26-18-12-9-13-19-26,22-28(42-35)44-27-20-14-15-21-37-27)31(38(30)32(29)39)33(40)41-23-25-16-10-8-11-17-25/h8-21,24,28-31H,22-23H2,1-7H3/t24-,28-,29-,30+,31+,35-,36-/m1/s1. The Morgan fingerprint density at radius 2 is 1.72 bits per heavy atom. The first-order valence-corrected chi connectivity index (χ1v) is 20.6. The Labute approximate surface area is 282 Å². The lowest BCUT2D eigenvalue weighted by molar-refractivity contribution is -0.181. The molecule has 3 saturated heterocycles. The number of esters is 1. The van der Waals surface area contributed by atoms with Crippen LogP contribution in [0.3, 0.4) is 0 Å². The minimum Gasteiger partial charge on any atom is -0.459 e. The van der Waals surface area contributed by atoms with E-state index in [0.29, 0.717) is 6.42 Å². The first-order valence-electron chi connectivity index (χ1n) is 16.0. The number of carbonyl (C=O) groups excluding carboxylic acids is 2. The van der Waals surface area contributed by atoms with Gasteiger partial charge in [0.1, 0.15) is 23.7 Å². The summed E-state index contributed by atoms with van der Waals surface area (Å²) in [5, 5.41) is 0.838. The topological polar surface area (TPSA) is 78.0 Å². The van der Waals surface area contributed by atoms with Crippen molar-refractivity contribution in [1.82, 2.24) is 9.88 Å². The average molecular weight is 677 g/mol. The van der Waals surface area contributed by atoms with Gasteiger partial charge in [0, 0.05) is 17.5 Å². The van der Waals surface area contributed by atoms with E-state index >= 15 is 0 Å². The number of amides is 1. The van der Waals surface area contributed by atoms with Crippen molar-refractivity contribution in [3.63, 3.8) is 0 Å². The minimum atomic E-state index is -2.20. The van der Waals surface area contributed by atoms with Gasteiger partial charge in [-0.1, -0.05) is 87.1 Å². The second-order valence-electron chi connectivity index (χ2n) is 14.2. The van der Waals surface area contributed by atoms with Gasteiger partial charge in [-0.15, -0.1) is 11.8 Å². The van der Waals surface area contributed by atoms with Crippen LogP contribution in [0.15, 0.2) is 95.0 Å². The molecule has 3 aliphatic rings. The monoisotopic (exact) mass is 676 g/mol. The largest absolute Gasteiger partial charge is 0.459 e. The summed E-state index contributed by atoms with van der Waals surface area (Å²) >= 11 is 3.20. The highest BCUT2D eigenvalue weighted by Crippen LogP contribution is 2.67. The van der Waals surface area contributed by atoms with Gasteiger partial charge in [0.05, 0.1) is 27.8 Å². The summed E-state index contributed by atoms with van der Waals surface area (Å²) in [6, 6.07) is 24.4. The van der Waals surface area contributed by atoms with Crippen molar-refractivity contribution >= 4 is 43.7 Å². The number of ether oxygens (including phenoxy) is 2. The molecule has 2 aromatic carbocycles. The quantitative estimate of drug-likeness (QED) is 0.124. The van der Waals surface area contributed by atoms with Crippen LogP contribution in [0.1, 0.15) is 46.6 Å². The predicted octanol–water partition coefficient (Wildman–Crippen LogP) is 7.57. The van der Waals surface area contributed by atoms with E-state index < -0.39 is 36.6 Å². The molecule has 6 rings (SSSR count). The number of β-lactam (4-membered cyclic amide) rings is 1. The van der Waals surface area contributed by atoms with Crippen molar-refractivity contribution < 1.29 is 23.5 Å². The third-order valence-corrected chi connectivity index (χ3v) is 17.6. The van der Waals surface area contributed by atoms with Crippen LogP contribution < -0.4 is 0 Å². The zero-order valence-corrected chi connectivity index (χ0v) is 30.3. The molecule has 1 amide bonds. The Hall–Kier alpha value is -2.63. The molecule has 0 radical (unpaired) electrons. The molecule has 3 aliphatic heterocycles. The van der Waals surface area contributed by atoms with Crippen LogP contribution >= 0.6 is 23.5 Å². The van der Waals surface area contributed by atoms with Gasteiger partial charge < -0.3 is 18.8 Å². The molecule has 7 atom stereocenters. The maximum absolute atomic E-state index is 14.4. The maximum Gasteiger partial charge on any atom is 0.330 e. The van der Waals surface area contributed by atoms with Crippen molar-refractivity contribution in [3.05, 3.63) is 90.6 Å². The summed E-state index contributed by atoms with van der Waals surface area (Å²) in [5.41, 5.74) is -0.260. The first-order chi connectivity index (χ1) is 21.8. The summed E-state index contributed by atoms with van der Waals surface area (Å²) in [5.74, 6) is -0.919. The van der Waals surface area contributed by atoms with Crippen molar-refractivity contribution in [3.8, 4) is 0 Å². The molecule has 0 spiro atoms. The summed E-state index contributed by atoms with van der Waals surface area (Å²) in [6.07, 6.45) is 1.97. The van der Waals surface area contributed by atoms with E-state index in [4.69, 9.17) is 13.9 Å². The number of rotatable bonds is 10. The highest BCUT2D eigenvalue weighted by molar-refractivity contribution is 8.01. The Kier molecular flexibility index (Phi) is 8.99. The van der Waals surface area contributed by atoms with E-state index in [0.717, 1.165) is 15.5 Å². The number of nitrogens with zero attached hydrogens (tertiary/aromatic N) is 2. The molecular formula is C36H44N2O5S2Si. The Morgan fingerprint density at radius 3 is 2.35 bits per heavy atom. The van der Waals surface area contributed by atoms with Crippen molar-refractivity contribution in [1.29, 1.82) is 0 Å². The highest BCUT2D eigenvalue weighted by atomic mass is 32.2. The normalized spacial score (nSPS) is 29.5. The van der Waals surface area contributed by atoms with Crippen LogP contribution in [0, 0.1) is 5.92 Å². The molecule has 3 fully saturated rings. The number of thioether (sulfide) groups is 2. The molecule has 0 N–H and O–H groups in total. The SMILES string of the molecule is C[C@@H](O[Si](C)(C)C(C)(C)C)[C@H]1C(=O)N2[C@@H]1[C@@]1(C)O[C@H](Sc3ccccn3)C[C@@]1(Sc1ccccc1)[C@@H]2C(=O)OCc1ccccc1. The molecule has 0 bridgehead atoms.